The van der Waals surface area contributed by atoms with Crippen molar-refractivity contribution in [2.45, 2.75) is 46.1 Å². The van der Waals surface area contributed by atoms with Gasteiger partial charge < -0.3 is 24.2 Å². The fourth-order valence-electron chi connectivity index (χ4n) is 3.59. The smallest absolute Gasteiger partial charge is 0.333 e. The van der Waals surface area contributed by atoms with Gasteiger partial charge in [-0.25, -0.2) is 9.78 Å². The van der Waals surface area contributed by atoms with E-state index in [2.05, 4.69) is 23.8 Å². The summed E-state index contributed by atoms with van der Waals surface area (Å²) in [6.07, 6.45) is -0.549. The lowest BCUT2D eigenvalue weighted by Gasteiger charge is -2.19. The fraction of sp³-hybridized carbons (Fsp3) is 0.429. The Balaban J connectivity index is 1.65. The standard InChI is InChI=1S/C28H36N4O5/c1-6-35-23-10-8-9-21(18-23)26-29-25(19(3)4)30-28(31-26)32(5)15-16-37-22-13-11-20(12-14-22)17-24(27(33)34)36-7-2/h8-14,18-19,24H,6-7,15-17H2,1-5H3,(H,33,34). The summed E-state index contributed by atoms with van der Waals surface area (Å²) in [6, 6.07) is 15.1. The number of aliphatic carboxylic acids is 1. The monoisotopic (exact) mass is 508 g/mol. The summed E-state index contributed by atoms with van der Waals surface area (Å²) in [5.41, 5.74) is 1.74. The van der Waals surface area contributed by atoms with E-state index in [0.717, 1.165) is 22.7 Å². The molecule has 0 spiro atoms. The van der Waals surface area contributed by atoms with E-state index in [9.17, 15) is 9.90 Å². The van der Waals surface area contributed by atoms with E-state index in [1.54, 1.807) is 6.92 Å². The van der Waals surface area contributed by atoms with E-state index in [0.29, 0.717) is 50.3 Å². The number of carbonyl (C=O) groups is 1. The van der Waals surface area contributed by atoms with Gasteiger partial charge in [0.15, 0.2) is 11.9 Å². The Labute approximate surface area is 218 Å². The van der Waals surface area contributed by atoms with Gasteiger partial charge in [0.2, 0.25) is 5.95 Å². The largest absolute Gasteiger partial charge is 0.494 e. The minimum absolute atomic E-state index is 0.141. The van der Waals surface area contributed by atoms with E-state index < -0.39 is 12.1 Å². The summed E-state index contributed by atoms with van der Waals surface area (Å²) in [5.74, 6) is 2.55. The van der Waals surface area contributed by atoms with Crippen LogP contribution < -0.4 is 14.4 Å². The third-order valence-corrected chi connectivity index (χ3v) is 5.59. The lowest BCUT2D eigenvalue weighted by atomic mass is 10.1. The van der Waals surface area contributed by atoms with Crippen LogP contribution >= 0.6 is 0 Å². The minimum Gasteiger partial charge on any atom is -0.494 e. The van der Waals surface area contributed by atoms with Crippen molar-refractivity contribution in [3.05, 3.63) is 59.9 Å². The number of likely N-dealkylation sites (N-methyl/N-ethyl adjacent to an activating group) is 1. The summed E-state index contributed by atoms with van der Waals surface area (Å²) >= 11 is 0. The average molecular weight is 509 g/mol. The first kappa shape index (κ1) is 27.9. The summed E-state index contributed by atoms with van der Waals surface area (Å²) in [6.45, 7) is 9.77. The molecule has 1 heterocycles. The number of rotatable bonds is 14. The second kappa shape index (κ2) is 13.5. The van der Waals surface area contributed by atoms with Gasteiger partial charge in [0.05, 0.1) is 13.2 Å². The molecule has 1 atom stereocenters. The molecule has 2 aromatic carbocycles. The Bertz CT molecular complexity index is 1150. The molecule has 3 rings (SSSR count). The van der Waals surface area contributed by atoms with Crippen molar-refractivity contribution in [3.63, 3.8) is 0 Å². The molecule has 0 aliphatic carbocycles. The highest BCUT2D eigenvalue weighted by Gasteiger charge is 2.18. The Morgan fingerprint density at radius 1 is 0.973 bits per heavy atom. The van der Waals surface area contributed by atoms with Crippen molar-refractivity contribution in [3.8, 4) is 22.9 Å². The molecule has 198 valence electrons. The molecule has 0 radical (unpaired) electrons. The molecule has 0 saturated heterocycles. The lowest BCUT2D eigenvalue weighted by molar-refractivity contribution is -0.149. The van der Waals surface area contributed by atoms with Crippen molar-refractivity contribution in [2.24, 2.45) is 0 Å². The van der Waals surface area contributed by atoms with Crippen molar-refractivity contribution >= 4 is 11.9 Å². The van der Waals surface area contributed by atoms with Crippen LogP contribution in [0, 0.1) is 0 Å². The first-order chi connectivity index (χ1) is 17.8. The molecule has 0 aliphatic heterocycles. The van der Waals surface area contributed by atoms with Crippen LogP contribution in [0.15, 0.2) is 48.5 Å². The van der Waals surface area contributed by atoms with Gasteiger partial charge in [-0.1, -0.05) is 38.1 Å². The SMILES string of the molecule is CCOc1cccc(-c2nc(C(C)C)nc(N(C)CCOc3ccc(CC(OCC)C(=O)O)cc3)n2)c1. The molecule has 1 unspecified atom stereocenters. The molecule has 37 heavy (non-hydrogen) atoms. The Hall–Kier alpha value is -3.72. The van der Waals surface area contributed by atoms with Crippen LogP contribution in [0.3, 0.4) is 0 Å². The molecular formula is C28H36N4O5. The third kappa shape index (κ3) is 8.15. The number of carboxylic acids is 1. The number of anilines is 1. The number of nitrogens with zero attached hydrogens (tertiary/aromatic N) is 4. The normalized spacial score (nSPS) is 11.8. The summed E-state index contributed by atoms with van der Waals surface area (Å²) < 4.78 is 16.8. The Morgan fingerprint density at radius 3 is 2.38 bits per heavy atom. The van der Waals surface area contributed by atoms with Crippen LogP contribution in [-0.4, -0.2) is 65.5 Å². The average Bonchev–Trinajstić information content (AvgIpc) is 2.89. The molecule has 1 N–H and O–H groups in total. The highest BCUT2D eigenvalue weighted by molar-refractivity contribution is 5.72. The highest BCUT2D eigenvalue weighted by Crippen LogP contribution is 2.24. The number of aromatic nitrogens is 3. The predicted octanol–water partition coefficient (Wildman–Crippen LogP) is 4.61. The van der Waals surface area contributed by atoms with Crippen molar-refractivity contribution in [2.75, 3.05) is 38.3 Å². The zero-order chi connectivity index (χ0) is 26.8. The molecule has 9 nitrogen and oxygen atoms in total. The predicted molar refractivity (Wildman–Crippen MR) is 142 cm³/mol. The fourth-order valence-corrected chi connectivity index (χ4v) is 3.59. The zero-order valence-corrected chi connectivity index (χ0v) is 22.2. The molecular weight excluding hydrogens is 472 g/mol. The van der Waals surface area contributed by atoms with Crippen LogP contribution in [0.25, 0.3) is 11.4 Å². The van der Waals surface area contributed by atoms with Gasteiger partial charge >= 0.3 is 5.97 Å². The maximum atomic E-state index is 11.3. The summed E-state index contributed by atoms with van der Waals surface area (Å²) in [5, 5.41) is 9.27. The van der Waals surface area contributed by atoms with E-state index >= 15 is 0 Å². The van der Waals surface area contributed by atoms with Crippen molar-refractivity contribution in [1.29, 1.82) is 0 Å². The Kier molecular flexibility index (Phi) is 10.2. The van der Waals surface area contributed by atoms with Gasteiger partial charge in [0.1, 0.15) is 23.9 Å². The van der Waals surface area contributed by atoms with Gasteiger partial charge in [-0.3, -0.25) is 0 Å². The first-order valence-electron chi connectivity index (χ1n) is 12.6. The molecule has 3 aromatic rings. The summed E-state index contributed by atoms with van der Waals surface area (Å²) in [4.78, 5) is 27.3. The van der Waals surface area contributed by atoms with Crippen LogP contribution in [0.1, 0.15) is 45.0 Å². The molecule has 0 fully saturated rings. The molecule has 0 bridgehead atoms. The summed E-state index contributed by atoms with van der Waals surface area (Å²) in [7, 11) is 1.92. The molecule has 0 amide bonds. The van der Waals surface area contributed by atoms with Crippen LogP contribution in [0.4, 0.5) is 5.95 Å². The molecule has 1 aromatic heterocycles. The van der Waals surface area contributed by atoms with Gasteiger partial charge in [-0.05, 0) is 43.7 Å². The van der Waals surface area contributed by atoms with Crippen LogP contribution in [0.5, 0.6) is 11.5 Å². The van der Waals surface area contributed by atoms with Crippen LogP contribution in [0.2, 0.25) is 0 Å². The quantitative estimate of drug-likeness (QED) is 0.334. The number of hydrogen-bond acceptors (Lipinski definition) is 8. The second-order valence-electron chi connectivity index (χ2n) is 8.83. The minimum atomic E-state index is -0.964. The Morgan fingerprint density at radius 2 is 1.73 bits per heavy atom. The second-order valence-corrected chi connectivity index (χ2v) is 8.83. The van der Waals surface area contributed by atoms with Gasteiger partial charge in [-0.15, -0.1) is 0 Å². The van der Waals surface area contributed by atoms with E-state index in [1.807, 2.05) is 67.4 Å². The van der Waals surface area contributed by atoms with Gasteiger partial charge in [0, 0.05) is 31.6 Å². The van der Waals surface area contributed by atoms with Gasteiger partial charge in [-0.2, -0.15) is 9.97 Å². The topological polar surface area (TPSA) is 107 Å². The zero-order valence-electron chi connectivity index (χ0n) is 22.2. The number of hydrogen-bond donors (Lipinski definition) is 1. The van der Waals surface area contributed by atoms with Crippen LogP contribution in [-0.2, 0) is 16.0 Å². The van der Waals surface area contributed by atoms with E-state index in [-0.39, 0.29) is 5.92 Å². The molecule has 0 aliphatic rings. The van der Waals surface area contributed by atoms with Crippen molar-refractivity contribution < 1.29 is 24.1 Å². The highest BCUT2D eigenvalue weighted by atomic mass is 16.5. The van der Waals surface area contributed by atoms with Gasteiger partial charge in [0.25, 0.3) is 0 Å². The lowest BCUT2D eigenvalue weighted by Crippen LogP contribution is -2.27. The van der Waals surface area contributed by atoms with Crippen molar-refractivity contribution in [1.82, 2.24) is 15.0 Å². The molecule has 0 saturated carbocycles. The maximum Gasteiger partial charge on any atom is 0.333 e. The maximum absolute atomic E-state index is 11.3. The van der Waals surface area contributed by atoms with E-state index in [1.165, 1.54) is 0 Å². The number of carboxylic acid groups (broad SMARTS) is 1. The molecule has 9 heteroatoms. The third-order valence-electron chi connectivity index (χ3n) is 5.59. The number of ether oxygens (including phenoxy) is 3. The van der Waals surface area contributed by atoms with E-state index in [4.69, 9.17) is 19.2 Å². The number of benzene rings is 2. The first-order valence-corrected chi connectivity index (χ1v) is 12.6.